The van der Waals surface area contributed by atoms with E-state index in [1.54, 1.807) is 16.4 Å². The third-order valence-electron chi connectivity index (χ3n) is 4.05. The first-order chi connectivity index (χ1) is 10.1. The number of halogens is 1. The Bertz CT molecular complexity index is 585. The van der Waals surface area contributed by atoms with Crippen molar-refractivity contribution in [1.29, 1.82) is 0 Å². The Hall–Kier alpha value is -1.02. The van der Waals surface area contributed by atoms with Crippen molar-refractivity contribution in [1.82, 2.24) is 8.61 Å². The first kappa shape index (κ1) is 14.9. The number of benzene rings is 1. The van der Waals surface area contributed by atoms with Crippen molar-refractivity contribution in [2.45, 2.75) is 18.9 Å². The molecule has 0 radical (unpaired) electrons. The standard InChI is InChI=1S/C14H19FN2O3S/c15-13-5-3-12(4-6-13)14-2-1-7-17(14)21(18,19)16-8-10-20-11-9-16/h3-6,14H,1-2,7-11H2/t14-/m0/s1. The molecule has 2 fully saturated rings. The van der Waals surface area contributed by atoms with E-state index in [9.17, 15) is 12.8 Å². The van der Waals surface area contributed by atoms with Crippen LogP contribution in [0.5, 0.6) is 0 Å². The van der Waals surface area contributed by atoms with Gasteiger partial charge in [-0.2, -0.15) is 17.0 Å². The number of morpholine rings is 1. The van der Waals surface area contributed by atoms with Gasteiger partial charge < -0.3 is 4.74 Å². The number of hydrogen-bond acceptors (Lipinski definition) is 3. The summed E-state index contributed by atoms with van der Waals surface area (Å²) in [5.41, 5.74) is 0.853. The SMILES string of the molecule is O=S(=O)(N1CCOCC1)N1CCC[C@H]1c1ccc(F)cc1. The number of rotatable bonds is 3. The van der Waals surface area contributed by atoms with Crippen molar-refractivity contribution >= 4 is 10.2 Å². The fourth-order valence-corrected chi connectivity index (χ4v) is 4.78. The van der Waals surface area contributed by atoms with Crippen LogP contribution in [-0.2, 0) is 14.9 Å². The molecule has 0 N–H and O–H groups in total. The third-order valence-corrected chi connectivity index (χ3v) is 6.10. The first-order valence-corrected chi connectivity index (χ1v) is 8.59. The van der Waals surface area contributed by atoms with Gasteiger partial charge in [0.25, 0.3) is 10.2 Å². The summed E-state index contributed by atoms with van der Waals surface area (Å²) in [4.78, 5) is 0. The van der Waals surface area contributed by atoms with Crippen molar-refractivity contribution in [2.24, 2.45) is 0 Å². The predicted octanol–water partition coefficient (Wildman–Crippen LogP) is 1.54. The lowest BCUT2D eigenvalue weighted by Crippen LogP contribution is -2.48. The molecule has 0 aliphatic carbocycles. The van der Waals surface area contributed by atoms with Crippen molar-refractivity contribution in [2.75, 3.05) is 32.8 Å². The van der Waals surface area contributed by atoms with Gasteiger partial charge in [-0.3, -0.25) is 0 Å². The second kappa shape index (κ2) is 6.00. The second-order valence-electron chi connectivity index (χ2n) is 5.34. The molecule has 116 valence electrons. The molecule has 0 bridgehead atoms. The van der Waals surface area contributed by atoms with Gasteiger partial charge in [0.15, 0.2) is 0 Å². The summed E-state index contributed by atoms with van der Waals surface area (Å²) >= 11 is 0. The van der Waals surface area contributed by atoms with E-state index < -0.39 is 10.2 Å². The molecule has 0 spiro atoms. The summed E-state index contributed by atoms with van der Waals surface area (Å²) in [6, 6.07) is 5.92. The lowest BCUT2D eigenvalue weighted by Gasteiger charge is -2.33. The number of nitrogens with zero attached hydrogens (tertiary/aromatic N) is 2. The van der Waals surface area contributed by atoms with E-state index >= 15 is 0 Å². The van der Waals surface area contributed by atoms with Crippen molar-refractivity contribution < 1.29 is 17.5 Å². The lowest BCUT2D eigenvalue weighted by molar-refractivity contribution is 0.0699. The van der Waals surface area contributed by atoms with E-state index in [1.165, 1.54) is 16.4 Å². The fourth-order valence-electron chi connectivity index (χ4n) is 2.96. The molecule has 1 aromatic rings. The lowest BCUT2D eigenvalue weighted by atomic mass is 10.1. The highest BCUT2D eigenvalue weighted by molar-refractivity contribution is 7.86. The maximum absolute atomic E-state index is 13.0. The van der Waals surface area contributed by atoms with E-state index in [2.05, 4.69) is 0 Å². The monoisotopic (exact) mass is 314 g/mol. The Labute approximate surface area is 124 Å². The average Bonchev–Trinajstić information content (AvgIpc) is 2.99. The second-order valence-corrected chi connectivity index (χ2v) is 7.22. The van der Waals surface area contributed by atoms with Gasteiger partial charge in [-0.25, -0.2) is 4.39 Å². The van der Waals surface area contributed by atoms with Gasteiger partial charge in [-0.05, 0) is 30.5 Å². The van der Waals surface area contributed by atoms with Gasteiger partial charge in [0.05, 0.1) is 19.3 Å². The number of hydrogen-bond donors (Lipinski definition) is 0. The van der Waals surface area contributed by atoms with Crippen LogP contribution >= 0.6 is 0 Å². The Morgan fingerprint density at radius 2 is 1.76 bits per heavy atom. The molecule has 1 atom stereocenters. The normalized spacial score (nSPS) is 25.3. The molecule has 7 heteroatoms. The van der Waals surface area contributed by atoms with Crippen LogP contribution in [0.15, 0.2) is 24.3 Å². The minimum absolute atomic E-state index is 0.196. The average molecular weight is 314 g/mol. The van der Waals surface area contributed by atoms with E-state index in [-0.39, 0.29) is 11.9 Å². The van der Waals surface area contributed by atoms with Crippen LogP contribution in [0.25, 0.3) is 0 Å². The Morgan fingerprint density at radius 1 is 1.10 bits per heavy atom. The van der Waals surface area contributed by atoms with Gasteiger partial charge >= 0.3 is 0 Å². The molecular weight excluding hydrogens is 295 g/mol. The molecule has 5 nitrogen and oxygen atoms in total. The molecule has 0 saturated carbocycles. The summed E-state index contributed by atoms with van der Waals surface area (Å²) in [5, 5.41) is 0. The summed E-state index contributed by atoms with van der Waals surface area (Å²) in [6.07, 6.45) is 1.60. The predicted molar refractivity (Wildman–Crippen MR) is 76.4 cm³/mol. The minimum atomic E-state index is -3.48. The van der Waals surface area contributed by atoms with Crippen LogP contribution in [0.3, 0.4) is 0 Å². The molecule has 2 heterocycles. The highest BCUT2D eigenvalue weighted by Gasteiger charge is 2.39. The van der Waals surface area contributed by atoms with E-state index in [0.717, 1.165) is 18.4 Å². The van der Waals surface area contributed by atoms with Gasteiger partial charge in [0.1, 0.15) is 5.82 Å². The summed E-state index contributed by atoms with van der Waals surface area (Å²) in [6.45, 7) is 2.19. The van der Waals surface area contributed by atoms with Crippen LogP contribution in [0.4, 0.5) is 4.39 Å². The first-order valence-electron chi connectivity index (χ1n) is 7.19. The molecular formula is C14H19FN2O3S. The van der Waals surface area contributed by atoms with Gasteiger partial charge in [-0.15, -0.1) is 0 Å². The summed E-state index contributed by atoms with van der Waals surface area (Å²) in [7, 11) is -3.48. The fraction of sp³-hybridized carbons (Fsp3) is 0.571. The van der Waals surface area contributed by atoms with Crippen LogP contribution in [0.1, 0.15) is 24.4 Å². The quantitative estimate of drug-likeness (QED) is 0.850. The molecule has 0 aromatic heterocycles. The Morgan fingerprint density at radius 3 is 2.43 bits per heavy atom. The molecule has 2 aliphatic rings. The highest BCUT2D eigenvalue weighted by atomic mass is 32.2. The van der Waals surface area contributed by atoms with Crippen molar-refractivity contribution in [3.05, 3.63) is 35.6 Å². The Kier molecular flexibility index (Phi) is 4.26. The molecule has 3 rings (SSSR count). The largest absolute Gasteiger partial charge is 0.379 e. The van der Waals surface area contributed by atoms with Gasteiger partial charge in [0.2, 0.25) is 0 Å². The van der Waals surface area contributed by atoms with Crippen molar-refractivity contribution in [3.63, 3.8) is 0 Å². The summed E-state index contributed by atoms with van der Waals surface area (Å²) in [5.74, 6) is -0.306. The topological polar surface area (TPSA) is 49.9 Å². The maximum atomic E-state index is 13.0. The minimum Gasteiger partial charge on any atom is -0.379 e. The third kappa shape index (κ3) is 2.96. The zero-order valence-electron chi connectivity index (χ0n) is 11.7. The zero-order valence-corrected chi connectivity index (χ0v) is 12.6. The highest BCUT2D eigenvalue weighted by Crippen LogP contribution is 2.35. The molecule has 2 aliphatic heterocycles. The van der Waals surface area contributed by atoms with Crippen LogP contribution in [0, 0.1) is 5.82 Å². The van der Waals surface area contributed by atoms with Crippen LogP contribution < -0.4 is 0 Å². The molecule has 21 heavy (non-hydrogen) atoms. The van der Waals surface area contributed by atoms with Crippen LogP contribution in [-0.4, -0.2) is 49.9 Å². The maximum Gasteiger partial charge on any atom is 0.282 e. The van der Waals surface area contributed by atoms with Gasteiger partial charge in [-0.1, -0.05) is 12.1 Å². The number of ether oxygens (including phenoxy) is 1. The molecule has 2 saturated heterocycles. The zero-order chi connectivity index (χ0) is 14.9. The summed E-state index contributed by atoms with van der Waals surface area (Å²) < 4.78 is 46.8. The van der Waals surface area contributed by atoms with E-state index in [1.807, 2.05) is 0 Å². The van der Waals surface area contributed by atoms with Crippen molar-refractivity contribution in [3.8, 4) is 0 Å². The molecule has 0 unspecified atom stereocenters. The van der Waals surface area contributed by atoms with E-state index in [4.69, 9.17) is 4.74 Å². The van der Waals surface area contributed by atoms with Crippen LogP contribution in [0.2, 0.25) is 0 Å². The molecule has 1 aromatic carbocycles. The smallest absolute Gasteiger partial charge is 0.282 e. The van der Waals surface area contributed by atoms with Gasteiger partial charge in [0, 0.05) is 19.6 Å². The Balaban J connectivity index is 1.84. The molecule has 0 amide bonds. The van der Waals surface area contributed by atoms with E-state index in [0.29, 0.717) is 32.8 Å².